The van der Waals surface area contributed by atoms with Gasteiger partial charge in [-0.2, -0.15) is 0 Å². The van der Waals surface area contributed by atoms with Crippen molar-refractivity contribution in [3.05, 3.63) is 83.2 Å². The van der Waals surface area contributed by atoms with Crippen LogP contribution in [0, 0.1) is 6.92 Å². The van der Waals surface area contributed by atoms with Crippen molar-refractivity contribution in [3.63, 3.8) is 0 Å². The highest BCUT2D eigenvalue weighted by molar-refractivity contribution is 8.00. The minimum absolute atomic E-state index is 0.124. The average Bonchev–Trinajstić information content (AvgIpc) is 3.18. The average molecular weight is 492 g/mol. The van der Waals surface area contributed by atoms with Crippen molar-refractivity contribution in [3.8, 4) is 16.2 Å². The van der Waals surface area contributed by atoms with Crippen molar-refractivity contribution < 1.29 is 9.53 Å². The molecule has 2 aromatic heterocycles. The van der Waals surface area contributed by atoms with Crippen molar-refractivity contribution in [1.29, 1.82) is 0 Å². The molecular weight excluding hydrogens is 466 g/mol. The van der Waals surface area contributed by atoms with Gasteiger partial charge >= 0.3 is 0 Å². The van der Waals surface area contributed by atoms with Gasteiger partial charge in [0.05, 0.1) is 23.4 Å². The van der Waals surface area contributed by atoms with Crippen molar-refractivity contribution in [2.24, 2.45) is 0 Å². The molecule has 4 rings (SSSR count). The molecule has 1 N–H and O–H groups in total. The molecule has 174 valence electrons. The molecule has 0 aliphatic carbocycles. The number of aromatic nitrogens is 2. The van der Waals surface area contributed by atoms with E-state index in [1.807, 2.05) is 49.4 Å². The maximum Gasteiger partial charge on any atom is 0.263 e. The Labute approximate surface area is 206 Å². The summed E-state index contributed by atoms with van der Waals surface area (Å²) in [6.07, 6.45) is 1.67. The van der Waals surface area contributed by atoms with Gasteiger partial charge in [-0.05, 0) is 37.1 Å². The first-order chi connectivity index (χ1) is 16.4. The minimum atomic E-state index is -0.500. The lowest BCUT2D eigenvalue weighted by Crippen LogP contribution is -2.26. The van der Waals surface area contributed by atoms with Gasteiger partial charge in [-0.15, -0.1) is 17.9 Å². The quantitative estimate of drug-likeness (QED) is 0.193. The molecule has 0 saturated carbocycles. The number of thiophene rings is 1. The van der Waals surface area contributed by atoms with Crippen LogP contribution >= 0.6 is 23.1 Å². The molecule has 8 heteroatoms. The predicted octanol–water partition coefficient (Wildman–Crippen LogP) is 5.75. The maximum atomic E-state index is 13.5. The van der Waals surface area contributed by atoms with Crippen LogP contribution in [0.3, 0.4) is 0 Å². The summed E-state index contributed by atoms with van der Waals surface area (Å²) in [5.74, 6) is 0.375. The van der Waals surface area contributed by atoms with Gasteiger partial charge in [0.2, 0.25) is 5.91 Å². The summed E-state index contributed by atoms with van der Waals surface area (Å²) < 4.78 is 6.90. The van der Waals surface area contributed by atoms with E-state index in [1.165, 1.54) is 23.1 Å². The van der Waals surface area contributed by atoms with Crippen molar-refractivity contribution >= 4 is 44.9 Å². The number of thioether (sulfide) groups is 1. The SMILES string of the molecule is C=CCn1c(SC(C)C(=O)Nc2ccccc2OC)nc2sc(-c3ccccc3)c(C)c2c1=O. The summed E-state index contributed by atoms with van der Waals surface area (Å²) in [6, 6.07) is 17.2. The Kier molecular flexibility index (Phi) is 7.19. The van der Waals surface area contributed by atoms with Crippen LogP contribution in [0.5, 0.6) is 5.75 Å². The Morgan fingerprint density at radius 3 is 2.65 bits per heavy atom. The molecule has 0 aliphatic rings. The molecular formula is C26H25N3O3S2. The number of carbonyl (C=O) groups is 1. The van der Waals surface area contributed by atoms with Gasteiger partial charge in [0.15, 0.2) is 5.16 Å². The highest BCUT2D eigenvalue weighted by atomic mass is 32.2. The van der Waals surface area contributed by atoms with Crippen LogP contribution in [-0.4, -0.2) is 27.8 Å². The number of hydrogen-bond donors (Lipinski definition) is 1. The maximum absolute atomic E-state index is 13.5. The summed E-state index contributed by atoms with van der Waals surface area (Å²) in [4.78, 5) is 32.9. The summed E-state index contributed by atoms with van der Waals surface area (Å²) in [5.41, 5.74) is 2.44. The van der Waals surface area contributed by atoms with Crippen LogP contribution in [0.4, 0.5) is 5.69 Å². The number of rotatable bonds is 8. The number of fused-ring (bicyclic) bond motifs is 1. The van der Waals surface area contributed by atoms with E-state index in [-0.39, 0.29) is 11.5 Å². The van der Waals surface area contributed by atoms with Gasteiger partial charge < -0.3 is 10.1 Å². The molecule has 2 aromatic carbocycles. The number of hydrogen-bond acceptors (Lipinski definition) is 6. The van der Waals surface area contributed by atoms with E-state index >= 15 is 0 Å². The predicted molar refractivity (Wildman–Crippen MR) is 141 cm³/mol. The highest BCUT2D eigenvalue weighted by Gasteiger charge is 2.23. The van der Waals surface area contributed by atoms with Crippen molar-refractivity contribution in [2.45, 2.75) is 30.8 Å². The van der Waals surface area contributed by atoms with Crippen LogP contribution in [-0.2, 0) is 11.3 Å². The first-order valence-corrected chi connectivity index (χ1v) is 12.4. The van der Waals surface area contributed by atoms with Gasteiger partial charge in [-0.1, -0.05) is 60.3 Å². The first kappa shape index (κ1) is 23.8. The van der Waals surface area contributed by atoms with Gasteiger partial charge in [0.25, 0.3) is 5.56 Å². The standard InChI is InChI=1S/C26H25N3O3S2/c1-5-15-29-25(31)21-16(2)22(18-11-7-6-8-12-18)34-24(21)28-26(29)33-17(3)23(30)27-19-13-9-10-14-20(19)32-4/h5-14,17H,1,15H2,2-4H3,(H,27,30). The van der Waals surface area contributed by atoms with Crippen LogP contribution in [0.15, 0.2) is 77.2 Å². The molecule has 1 unspecified atom stereocenters. The molecule has 0 radical (unpaired) electrons. The Balaban J connectivity index is 1.70. The molecule has 0 aliphatic heterocycles. The molecule has 6 nitrogen and oxygen atoms in total. The Morgan fingerprint density at radius 1 is 1.24 bits per heavy atom. The third-order valence-electron chi connectivity index (χ3n) is 5.38. The number of nitrogens with one attached hydrogen (secondary N) is 1. The minimum Gasteiger partial charge on any atom is -0.495 e. The third kappa shape index (κ3) is 4.64. The van der Waals surface area contributed by atoms with E-state index in [1.54, 1.807) is 36.8 Å². The van der Waals surface area contributed by atoms with E-state index in [0.29, 0.717) is 33.4 Å². The zero-order valence-corrected chi connectivity index (χ0v) is 20.8. The molecule has 2 heterocycles. The van der Waals surface area contributed by atoms with Gasteiger partial charge in [-0.25, -0.2) is 4.98 Å². The van der Waals surface area contributed by atoms with Crippen LogP contribution in [0.1, 0.15) is 12.5 Å². The van der Waals surface area contributed by atoms with E-state index in [0.717, 1.165) is 16.0 Å². The Bertz CT molecular complexity index is 1410. The van der Waals surface area contributed by atoms with E-state index in [9.17, 15) is 9.59 Å². The normalized spacial score (nSPS) is 11.9. The number of benzene rings is 2. The Morgan fingerprint density at radius 2 is 1.94 bits per heavy atom. The molecule has 0 fully saturated rings. The number of amides is 1. The second kappa shape index (κ2) is 10.3. The van der Waals surface area contributed by atoms with Gasteiger partial charge in [-0.3, -0.25) is 14.2 Å². The molecule has 1 amide bonds. The molecule has 0 bridgehead atoms. The smallest absolute Gasteiger partial charge is 0.263 e. The van der Waals surface area contributed by atoms with Crippen LogP contribution in [0.2, 0.25) is 0 Å². The van der Waals surface area contributed by atoms with Crippen molar-refractivity contribution in [1.82, 2.24) is 9.55 Å². The van der Waals surface area contributed by atoms with Gasteiger partial charge in [0.1, 0.15) is 10.6 Å². The zero-order chi connectivity index (χ0) is 24.2. The largest absolute Gasteiger partial charge is 0.495 e. The molecule has 34 heavy (non-hydrogen) atoms. The second-order valence-corrected chi connectivity index (χ2v) is 9.96. The summed E-state index contributed by atoms with van der Waals surface area (Å²) in [6.45, 7) is 7.85. The number of aryl methyl sites for hydroxylation is 1. The number of allylic oxidation sites excluding steroid dienone is 1. The van der Waals surface area contributed by atoms with E-state index < -0.39 is 5.25 Å². The fourth-order valence-electron chi connectivity index (χ4n) is 3.64. The number of para-hydroxylation sites is 2. The molecule has 1 atom stereocenters. The first-order valence-electron chi connectivity index (χ1n) is 10.7. The Hall–Kier alpha value is -3.36. The van der Waals surface area contributed by atoms with Crippen LogP contribution < -0.4 is 15.6 Å². The van der Waals surface area contributed by atoms with Gasteiger partial charge in [0, 0.05) is 11.4 Å². The number of carbonyl (C=O) groups excluding carboxylic acids is 1. The summed E-state index contributed by atoms with van der Waals surface area (Å²) >= 11 is 2.74. The monoisotopic (exact) mass is 491 g/mol. The van der Waals surface area contributed by atoms with E-state index in [4.69, 9.17) is 9.72 Å². The summed E-state index contributed by atoms with van der Waals surface area (Å²) in [5, 5.41) is 3.50. The zero-order valence-electron chi connectivity index (χ0n) is 19.2. The second-order valence-electron chi connectivity index (χ2n) is 7.65. The van der Waals surface area contributed by atoms with E-state index in [2.05, 4.69) is 11.9 Å². The van der Waals surface area contributed by atoms with Crippen LogP contribution in [0.25, 0.3) is 20.7 Å². The lowest BCUT2D eigenvalue weighted by atomic mass is 10.1. The topological polar surface area (TPSA) is 73.2 Å². The molecule has 4 aromatic rings. The fraction of sp³-hybridized carbons (Fsp3) is 0.192. The lowest BCUT2D eigenvalue weighted by Gasteiger charge is -2.16. The summed E-state index contributed by atoms with van der Waals surface area (Å²) in [7, 11) is 1.56. The number of ether oxygens (including phenoxy) is 1. The fourth-order valence-corrected chi connectivity index (χ4v) is 5.78. The molecule has 0 saturated heterocycles. The number of nitrogens with zero attached hydrogens (tertiary/aromatic N) is 2. The molecule has 0 spiro atoms. The third-order valence-corrected chi connectivity index (χ3v) is 7.70. The number of methoxy groups -OCH3 is 1. The van der Waals surface area contributed by atoms with Crippen molar-refractivity contribution in [2.75, 3.05) is 12.4 Å². The highest BCUT2D eigenvalue weighted by Crippen LogP contribution is 2.37. The number of anilines is 1. The lowest BCUT2D eigenvalue weighted by molar-refractivity contribution is -0.115.